The lowest BCUT2D eigenvalue weighted by molar-refractivity contribution is 0.162. The van der Waals surface area contributed by atoms with Crippen LogP contribution in [0.5, 0.6) is 0 Å². The fraction of sp³-hybridized carbons (Fsp3) is 0.375. The molecule has 0 saturated heterocycles. The van der Waals surface area contributed by atoms with E-state index in [1.165, 1.54) is 12.1 Å². The number of aromatic nitrogens is 1. The average Bonchev–Trinajstić information content (AvgIpc) is 2.04. The van der Waals surface area contributed by atoms with Gasteiger partial charge in [-0.1, -0.05) is 0 Å². The summed E-state index contributed by atoms with van der Waals surface area (Å²) in [6.07, 6.45) is 0.403. The van der Waals surface area contributed by atoms with Gasteiger partial charge < -0.3 is 10.8 Å². The molecule has 0 aliphatic heterocycles. The highest BCUT2D eigenvalue weighted by Crippen LogP contribution is 2.10. The van der Waals surface area contributed by atoms with Crippen LogP contribution in [0, 0.1) is 5.82 Å². The number of nitrogens with zero attached hydrogens (tertiary/aromatic N) is 1. The topological polar surface area (TPSA) is 59.1 Å². The molecule has 0 spiro atoms. The normalized spacial score (nSPS) is 15.7. The molecule has 0 amide bonds. The molecule has 0 saturated carbocycles. The molecule has 1 aromatic heterocycles. The first kappa shape index (κ1) is 9.09. The van der Waals surface area contributed by atoms with Crippen LogP contribution in [0.2, 0.25) is 0 Å². The molecule has 1 rings (SSSR count). The molecule has 0 fully saturated rings. The van der Waals surface area contributed by atoms with Gasteiger partial charge in [0.15, 0.2) is 0 Å². The first-order valence-corrected chi connectivity index (χ1v) is 3.66. The van der Waals surface area contributed by atoms with E-state index in [2.05, 4.69) is 4.98 Å². The SMILES string of the molecule is C[C@@H](O)[C@H](N)c1ccc(F)cn1. The number of aliphatic hydroxyl groups is 1. The molecule has 0 aliphatic carbocycles. The van der Waals surface area contributed by atoms with E-state index >= 15 is 0 Å². The molecule has 3 nitrogen and oxygen atoms in total. The lowest BCUT2D eigenvalue weighted by Crippen LogP contribution is -2.24. The van der Waals surface area contributed by atoms with Gasteiger partial charge in [0.1, 0.15) is 5.82 Å². The van der Waals surface area contributed by atoms with Gasteiger partial charge in [-0.3, -0.25) is 4.98 Å². The summed E-state index contributed by atoms with van der Waals surface area (Å²) in [5.74, 6) is -0.406. The molecule has 2 atom stereocenters. The van der Waals surface area contributed by atoms with Crippen LogP contribution in [0.1, 0.15) is 18.7 Å². The van der Waals surface area contributed by atoms with Gasteiger partial charge in [0.2, 0.25) is 0 Å². The molecule has 1 heterocycles. The summed E-state index contributed by atoms with van der Waals surface area (Å²) in [5.41, 5.74) is 6.04. The minimum Gasteiger partial charge on any atom is -0.391 e. The van der Waals surface area contributed by atoms with Gasteiger partial charge in [0.05, 0.1) is 24.0 Å². The minimum absolute atomic E-state index is 0.406. The molecule has 1 aromatic rings. The van der Waals surface area contributed by atoms with E-state index in [9.17, 15) is 4.39 Å². The quantitative estimate of drug-likeness (QED) is 0.683. The summed E-state index contributed by atoms with van der Waals surface area (Å²) in [6, 6.07) is 2.18. The number of nitrogens with two attached hydrogens (primary N) is 1. The van der Waals surface area contributed by atoms with Gasteiger partial charge in [-0.15, -0.1) is 0 Å². The second-order valence-corrected chi connectivity index (χ2v) is 2.67. The van der Waals surface area contributed by atoms with Crippen molar-refractivity contribution in [2.45, 2.75) is 19.1 Å². The van der Waals surface area contributed by atoms with Crippen molar-refractivity contribution in [3.8, 4) is 0 Å². The van der Waals surface area contributed by atoms with Gasteiger partial charge in [-0.05, 0) is 19.1 Å². The predicted octanol–water partition coefficient (Wildman–Crippen LogP) is 0.601. The summed E-state index contributed by atoms with van der Waals surface area (Å²) < 4.78 is 12.4. The summed E-state index contributed by atoms with van der Waals surface area (Å²) in [5, 5.41) is 9.08. The van der Waals surface area contributed by atoms with Crippen LogP contribution in [-0.2, 0) is 0 Å². The Morgan fingerprint density at radius 1 is 1.58 bits per heavy atom. The van der Waals surface area contributed by atoms with Gasteiger partial charge in [-0.2, -0.15) is 0 Å². The number of rotatable bonds is 2. The van der Waals surface area contributed by atoms with Crippen molar-refractivity contribution in [3.05, 3.63) is 29.8 Å². The number of halogens is 1. The Hall–Kier alpha value is -1.00. The van der Waals surface area contributed by atoms with Crippen LogP contribution < -0.4 is 5.73 Å². The lowest BCUT2D eigenvalue weighted by Gasteiger charge is -2.13. The van der Waals surface area contributed by atoms with Gasteiger partial charge >= 0.3 is 0 Å². The molecule has 0 radical (unpaired) electrons. The van der Waals surface area contributed by atoms with E-state index in [1.54, 1.807) is 6.92 Å². The van der Waals surface area contributed by atoms with Crippen LogP contribution >= 0.6 is 0 Å². The van der Waals surface area contributed by atoms with Crippen LogP contribution in [0.25, 0.3) is 0 Å². The third-order valence-corrected chi connectivity index (χ3v) is 1.61. The summed E-state index contributed by atoms with van der Waals surface area (Å²) in [7, 11) is 0. The lowest BCUT2D eigenvalue weighted by atomic mass is 10.1. The highest BCUT2D eigenvalue weighted by molar-refractivity contribution is 5.10. The van der Waals surface area contributed by atoms with Gasteiger partial charge in [0, 0.05) is 0 Å². The minimum atomic E-state index is -0.678. The maximum Gasteiger partial charge on any atom is 0.141 e. The maximum absolute atomic E-state index is 12.4. The predicted molar refractivity (Wildman–Crippen MR) is 42.8 cm³/mol. The monoisotopic (exact) mass is 170 g/mol. The summed E-state index contributed by atoms with van der Waals surface area (Å²) in [6.45, 7) is 1.57. The molecule has 4 heteroatoms. The van der Waals surface area contributed by atoms with E-state index in [4.69, 9.17) is 10.8 Å². The van der Waals surface area contributed by atoms with Crippen LogP contribution in [0.3, 0.4) is 0 Å². The maximum atomic E-state index is 12.4. The van der Waals surface area contributed by atoms with Crippen molar-refractivity contribution in [2.24, 2.45) is 5.73 Å². The van der Waals surface area contributed by atoms with E-state index in [0.717, 1.165) is 6.20 Å². The molecule has 3 N–H and O–H groups in total. The standard InChI is InChI=1S/C8H11FN2O/c1-5(12)8(10)7-3-2-6(9)4-11-7/h2-5,8,12H,10H2,1H3/t5-,8+/m1/s1. The van der Waals surface area contributed by atoms with Crippen molar-refractivity contribution in [3.63, 3.8) is 0 Å². The van der Waals surface area contributed by atoms with E-state index in [1.807, 2.05) is 0 Å². The Kier molecular flexibility index (Phi) is 2.73. The molecule has 12 heavy (non-hydrogen) atoms. The molecule has 0 bridgehead atoms. The zero-order chi connectivity index (χ0) is 9.14. The van der Waals surface area contributed by atoms with Gasteiger partial charge in [0.25, 0.3) is 0 Å². The Morgan fingerprint density at radius 2 is 2.25 bits per heavy atom. The molecule has 0 unspecified atom stereocenters. The van der Waals surface area contributed by atoms with Crippen molar-refractivity contribution >= 4 is 0 Å². The Bertz CT molecular complexity index is 248. The first-order valence-electron chi connectivity index (χ1n) is 3.66. The zero-order valence-electron chi connectivity index (χ0n) is 6.74. The molecular formula is C8H11FN2O. The fourth-order valence-electron chi connectivity index (χ4n) is 0.832. The third-order valence-electron chi connectivity index (χ3n) is 1.61. The van der Waals surface area contributed by atoms with Gasteiger partial charge in [-0.25, -0.2) is 4.39 Å². The average molecular weight is 170 g/mol. The van der Waals surface area contributed by atoms with Crippen LogP contribution in [-0.4, -0.2) is 16.2 Å². The Labute approximate surface area is 70.0 Å². The largest absolute Gasteiger partial charge is 0.391 e. The first-order chi connectivity index (χ1) is 5.61. The molecular weight excluding hydrogens is 159 g/mol. The fourth-order valence-corrected chi connectivity index (χ4v) is 0.832. The highest BCUT2D eigenvalue weighted by atomic mass is 19.1. The second kappa shape index (κ2) is 3.60. The molecule has 66 valence electrons. The number of aliphatic hydroxyl groups excluding tert-OH is 1. The zero-order valence-corrected chi connectivity index (χ0v) is 6.74. The third kappa shape index (κ3) is 1.99. The van der Waals surface area contributed by atoms with Crippen LogP contribution in [0.4, 0.5) is 4.39 Å². The van der Waals surface area contributed by atoms with E-state index in [0.29, 0.717) is 5.69 Å². The smallest absolute Gasteiger partial charge is 0.141 e. The molecule has 0 aromatic carbocycles. The Morgan fingerprint density at radius 3 is 2.67 bits per heavy atom. The Balaban J connectivity index is 2.82. The summed E-state index contributed by atoms with van der Waals surface area (Å²) in [4.78, 5) is 3.74. The molecule has 0 aliphatic rings. The summed E-state index contributed by atoms with van der Waals surface area (Å²) >= 11 is 0. The van der Waals surface area contributed by atoms with Crippen LogP contribution in [0.15, 0.2) is 18.3 Å². The van der Waals surface area contributed by atoms with E-state index < -0.39 is 18.0 Å². The van der Waals surface area contributed by atoms with Crippen molar-refractivity contribution < 1.29 is 9.50 Å². The highest BCUT2D eigenvalue weighted by Gasteiger charge is 2.12. The van der Waals surface area contributed by atoms with Crippen molar-refractivity contribution in [2.75, 3.05) is 0 Å². The number of hydrogen-bond donors (Lipinski definition) is 2. The van der Waals surface area contributed by atoms with Crippen molar-refractivity contribution in [1.29, 1.82) is 0 Å². The van der Waals surface area contributed by atoms with E-state index in [-0.39, 0.29) is 0 Å². The van der Waals surface area contributed by atoms with Crippen molar-refractivity contribution in [1.82, 2.24) is 4.98 Å². The number of pyridine rings is 1. The second-order valence-electron chi connectivity index (χ2n) is 2.67. The number of hydrogen-bond acceptors (Lipinski definition) is 3.